The SMILES string of the molecule is OCC(Cc1ccc(C(F)(F)F)cc1)c1cccc(F)c1. The molecular weight excluding hydrogens is 284 g/mol. The van der Waals surface area contributed by atoms with Crippen molar-refractivity contribution in [2.24, 2.45) is 0 Å². The van der Waals surface area contributed by atoms with Gasteiger partial charge in [-0.2, -0.15) is 13.2 Å². The minimum Gasteiger partial charge on any atom is -0.396 e. The predicted octanol–water partition coefficient (Wildman–Crippen LogP) is 4.16. The van der Waals surface area contributed by atoms with E-state index in [-0.39, 0.29) is 12.5 Å². The molecule has 0 aromatic heterocycles. The van der Waals surface area contributed by atoms with Gasteiger partial charge in [0.2, 0.25) is 0 Å². The zero-order chi connectivity index (χ0) is 15.5. The topological polar surface area (TPSA) is 20.2 Å². The number of aliphatic hydroxyl groups is 1. The van der Waals surface area contributed by atoms with Gasteiger partial charge in [0.15, 0.2) is 0 Å². The molecule has 0 aliphatic carbocycles. The lowest BCUT2D eigenvalue weighted by Crippen LogP contribution is -2.09. The highest BCUT2D eigenvalue weighted by atomic mass is 19.4. The van der Waals surface area contributed by atoms with Crippen LogP contribution in [-0.2, 0) is 12.6 Å². The van der Waals surface area contributed by atoms with Gasteiger partial charge in [-0.3, -0.25) is 0 Å². The molecule has 0 spiro atoms. The maximum atomic E-state index is 13.2. The Morgan fingerprint density at radius 3 is 2.19 bits per heavy atom. The summed E-state index contributed by atoms with van der Waals surface area (Å²) in [4.78, 5) is 0. The first-order valence-corrected chi connectivity index (χ1v) is 6.42. The van der Waals surface area contributed by atoms with Crippen LogP contribution in [0.3, 0.4) is 0 Å². The van der Waals surface area contributed by atoms with Crippen molar-refractivity contribution in [1.82, 2.24) is 0 Å². The molecule has 0 heterocycles. The van der Waals surface area contributed by atoms with E-state index >= 15 is 0 Å². The monoisotopic (exact) mass is 298 g/mol. The van der Waals surface area contributed by atoms with Crippen molar-refractivity contribution in [2.45, 2.75) is 18.5 Å². The van der Waals surface area contributed by atoms with Crippen molar-refractivity contribution in [3.05, 3.63) is 71.0 Å². The van der Waals surface area contributed by atoms with Crippen LogP contribution in [0.1, 0.15) is 22.6 Å². The summed E-state index contributed by atoms with van der Waals surface area (Å²) in [5, 5.41) is 9.41. The second-order valence-electron chi connectivity index (χ2n) is 4.83. The van der Waals surface area contributed by atoms with Gasteiger partial charge in [-0.05, 0) is 41.8 Å². The summed E-state index contributed by atoms with van der Waals surface area (Å²) in [5.41, 5.74) is 0.571. The fourth-order valence-electron chi connectivity index (χ4n) is 2.16. The van der Waals surface area contributed by atoms with E-state index in [1.54, 1.807) is 12.1 Å². The van der Waals surface area contributed by atoms with Crippen molar-refractivity contribution in [1.29, 1.82) is 0 Å². The molecule has 1 N–H and O–H groups in total. The zero-order valence-corrected chi connectivity index (χ0v) is 11.1. The van der Waals surface area contributed by atoms with Crippen LogP contribution >= 0.6 is 0 Å². The van der Waals surface area contributed by atoms with Gasteiger partial charge in [0.25, 0.3) is 0 Å². The summed E-state index contributed by atoms with van der Waals surface area (Å²) in [6.45, 7) is -0.204. The number of alkyl halides is 3. The lowest BCUT2D eigenvalue weighted by atomic mass is 9.92. The average Bonchev–Trinajstić information content (AvgIpc) is 2.44. The number of rotatable bonds is 4. The number of hydrogen-bond donors (Lipinski definition) is 1. The minimum atomic E-state index is -4.36. The van der Waals surface area contributed by atoms with Crippen molar-refractivity contribution in [3.63, 3.8) is 0 Å². The molecule has 0 bridgehead atoms. The van der Waals surface area contributed by atoms with E-state index in [9.17, 15) is 22.7 Å². The Labute approximate surface area is 119 Å². The second kappa shape index (κ2) is 6.26. The van der Waals surface area contributed by atoms with E-state index < -0.39 is 17.6 Å². The molecule has 21 heavy (non-hydrogen) atoms. The number of benzene rings is 2. The molecule has 0 saturated heterocycles. The van der Waals surface area contributed by atoms with E-state index in [2.05, 4.69) is 0 Å². The quantitative estimate of drug-likeness (QED) is 0.840. The third-order valence-corrected chi connectivity index (χ3v) is 3.30. The van der Waals surface area contributed by atoms with Crippen molar-refractivity contribution >= 4 is 0 Å². The summed E-state index contributed by atoms with van der Waals surface area (Å²) in [6, 6.07) is 10.6. The summed E-state index contributed by atoms with van der Waals surface area (Å²) < 4.78 is 50.6. The van der Waals surface area contributed by atoms with Gasteiger partial charge in [0, 0.05) is 5.92 Å². The minimum absolute atomic E-state index is 0.204. The smallest absolute Gasteiger partial charge is 0.396 e. The first-order chi connectivity index (χ1) is 9.90. The van der Waals surface area contributed by atoms with Gasteiger partial charge in [-0.1, -0.05) is 24.3 Å². The molecule has 0 saturated carbocycles. The van der Waals surface area contributed by atoms with Crippen molar-refractivity contribution in [3.8, 4) is 0 Å². The molecule has 2 aromatic carbocycles. The normalized spacial score (nSPS) is 13.2. The van der Waals surface area contributed by atoms with E-state index in [1.807, 2.05) is 0 Å². The summed E-state index contributed by atoms with van der Waals surface area (Å²) in [5.74, 6) is -0.754. The second-order valence-corrected chi connectivity index (χ2v) is 4.83. The van der Waals surface area contributed by atoms with Crippen molar-refractivity contribution in [2.75, 3.05) is 6.61 Å². The Hall–Kier alpha value is -1.88. The van der Waals surface area contributed by atoms with Crippen LogP contribution in [0.2, 0.25) is 0 Å². The maximum absolute atomic E-state index is 13.2. The van der Waals surface area contributed by atoms with Crippen LogP contribution in [0.5, 0.6) is 0 Å². The highest BCUT2D eigenvalue weighted by Gasteiger charge is 2.30. The van der Waals surface area contributed by atoms with Crippen LogP contribution in [0.25, 0.3) is 0 Å². The van der Waals surface area contributed by atoms with E-state index in [4.69, 9.17) is 0 Å². The van der Waals surface area contributed by atoms with E-state index in [0.29, 0.717) is 17.5 Å². The Bertz CT molecular complexity index is 590. The van der Waals surface area contributed by atoms with Crippen LogP contribution in [0.4, 0.5) is 17.6 Å². The van der Waals surface area contributed by atoms with E-state index in [1.165, 1.54) is 24.3 Å². The van der Waals surface area contributed by atoms with Gasteiger partial charge >= 0.3 is 6.18 Å². The Morgan fingerprint density at radius 1 is 1.00 bits per heavy atom. The molecule has 0 amide bonds. The first-order valence-electron chi connectivity index (χ1n) is 6.42. The number of halogens is 4. The molecule has 0 aliphatic heterocycles. The molecule has 1 unspecified atom stereocenters. The van der Waals surface area contributed by atoms with Crippen LogP contribution in [0, 0.1) is 5.82 Å². The lowest BCUT2D eigenvalue weighted by molar-refractivity contribution is -0.137. The van der Waals surface area contributed by atoms with Crippen LogP contribution in [-0.4, -0.2) is 11.7 Å². The summed E-state index contributed by atoms with van der Waals surface area (Å²) in [7, 11) is 0. The van der Waals surface area contributed by atoms with E-state index in [0.717, 1.165) is 12.1 Å². The Balaban J connectivity index is 2.15. The van der Waals surface area contributed by atoms with Crippen LogP contribution in [0.15, 0.2) is 48.5 Å². The standard InChI is InChI=1S/C16H14F4O/c17-15-3-1-2-12(9-15)13(10-21)8-11-4-6-14(7-5-11)16(18,19)20/h1-7,9,13,21H,8,10H2. The van der Waals surface area contributed by atoms with Crippen molar-refractivity contribution < 1.29 is 22.7 Å². The zero-order valence-electron chi connectivity index (χ0n) is 11.1. The van der Waals surface area contributed by atoms with Gasteiger partial charge in [-0.15, -0.1) is 0 Å². The molecule has 0 aliphatic rings. The first kappa shape index (κ1) is 15.5. The molecule has 2 rings (SSSR count). The lowest BCUT2D eigenvalue weighted by Gasteiger charge is -2.15. The Kier molecular flexibility index (Phi) is 4.63. The molecule has 0 radical (unpaired) electrons. The van der Waals surface area contributed by atoms with Gasteiger partial charge < -0.3 is 5.11 Å². The average molecular weight is 298 g/mol. The van der Waals surface area contributed by atoms with Gasteiger partial charge in [0.1, 0.15) is 5.82 Å². The fourth-order valence-corrected chi connectivity index (χ4v) is 2.16. The fraction of sp³-hybridized carbons (Fsp3) is 0.250. The molecular formula is C16H14F4O. The summed E-state index contributed by atoms with van der Waals surface area (Å²) >= 11 is 0. The number of aliphatic hydroxyl groups excluding tert-OH is 1. The van der Waals surface area contributed by atoms with Gasteiger partial charge in [0.05, 0.1) is 12.2 Å². The third-order valence-electron chi connectivity index (χ3n) is 3.30. The molecule has 0 fully saturated rings. The third kappa shape index (κ3) is 4.04. The highest BCUT2D eigenvalue weighted by molar-refractivity contribution is 5.28. The largest absolute Gasteiger partial charge is 0.416 e. The summed E-state index contributed by atoms with van der Waals surface area (Å²) in [6.07, 6.45) is -4.02. The highest BCUT2D eigenvalue weighted by Crippen LogP contribution is 2.30. The van der Waals surface area contributed by atoms with Gasteiger partial charge in [-0.25, -0.2) is 4.39 Å². The van der Waals surface area contributed by atoms with Crippen LogP contribution < -0.4 is 0 Å². The number of hydrogen-bond acceptors (Lipinski definition) is 1. The Morgan fingerprint density at radius 2 is 1.67 bits per heavy atom. The molecule has 1 nitrogen and oxygen atoms in total. The molecule has 112 valence electrons. The molecule has 5 heteroatoms. The predicted molar refractivity (Wildman–Crippen MR) is 71.4 cm³/mol. The molecule has 2 aromatic rings. The molecule has 1 atom stereocenters. The maximum Gasteiger partial charge on any atom is 0.416 e.